The number of benzene rings is 2. The summed E-state index contributed by atoms with van der Waals surface area (Å²) < 4.78 is 27.6. The summed E-state index contributed by atoms with van der Waals surface area (Å²) in [5, 5.41) is 13.1. The zero-order valence-electron chi connectivity index (χ0n) is 24.8. The standard InChI is InChI=1S/C33H42N4O4S/c1-4-33(5-2,32(38)39)18-19-34-29-10-6-8-27(24-29)14-15-28-9-7-11-30(35-28)25-36-20-22-37(23-21-36)42(40,41)31-16-12-26(3)13-17-31/h6-17,24,34H,4-5,18-23,25H2,1-3H3,(H,38,39). The Morgan fingerprint density at radius 3 is 2.33 bits per heavy atom. The summed E-state index contributed by atoms with van der Waals surface area (Å²) in [6.07, 6.45) is 5.80. The quantitative estimate of drug-likeness (QED) is 0.261. The maximum absolute atomic E-state index is 13.0. The van der Waals surface area contributed by atoms with Gasteiger partial charge in [-0.1, -0.05) is 55.8 Å². The van der Waals surface area contributed by atoms with E-state index in [-0.39, 0.29) is 0 Å². The second-order valence-electron chi connectivity index (χ2n) is 11.0. The lowest BCUT2D eigenvalue weighted by Gasteiger charge is -2.33. The van der Waals surface area contributed by atoms with Crippen LogP contribution >= 0.6 is 0 Å². The first-order chi connectivity index (χ1) is 20.1. The topological polar surface area (TPSA) is 103 Å². The Balaban J connectivity index is 1.31. The van der Waals surface area contributed by atoms with Crippen molar-refractivity contribution in [3.05, 3.63) is 89.2 Å². The number of hydrogen-bond acceptors (Lipinski definition) is 6. The van der Waals surface area contributed by atoms with E-state index in [0.29, 0.717) is 63.4 Å². The predicted octanol–water partition coefficient (Wildman–Crippen LogP) is 5.76. The van der Waals surface area contributed by atoms with Crippen LogP contribution in [0.3, 0.4) is 0 Å². The van der Waals surface area contributed by atoms with E-state index < -0.39 is 21.4 Å². The SMILES string of the molecule is CCC(CC)(CCNc1cccc(C=Cc2cccc(CN3CCN(S(=O)(=O)c4ccc(C)cc4)CC3)n2)c1)C(=O)O. The fourth-order valence-corrected chi connectivity index (χ4v) is 6.71. The average Bonchev–Trinajstić information content (AvgIpc) is 2.99. The van der Waals surface area contributed by atoms with Crippen LogP contribution in [0.1, 0.15) is 55.6 Å². The minimum atomic E-state index is -3.48. The van der Waals surface area contributed by atoms with Gasteiger partial charge in [0.25, 0.3) is 0 Å². The third-order valence-corrected chi connectivity index (χ3v) is 10.2. The maximum atomic E-state index is 13.0. The van der Waals surface area contributed by atoms with Crippen molar-refractivity contribution in [3.63, 3.8) is 0 Å². The largest absolute Gasteiger partial charge is 0.481 e. The molecule has 0 unspecified atom stereocenters. The van der Waals surface area contributed by atoms with Crippen LogP contribution in [-0.4, -0.2) is 66.4 Å². The number of aromatic nitrogens is 1. The van der Waals surface area contributed by atoms with Gasteiger partial charge in [-0.25, -0.2) is 8.42 Å². The van der Waals surface area contributed by atoms with Crippen LogP contribution in [0, 0.1) is 12.3 Å². The highest BCUT2D eigenvalue weighted by Gasteiger charge is 2.34. The fourth-order valence-electron chi connectivity index (χ4n) is 5.29. The molecule has 0 aliphatic carbocycles. The Bertz CT molecular complexity index is 1480. The van der Waals surface area contributed by atoms with Gasteiger partial charge in [-0.05, 0) is 74.2 Å². The smallest absolute Gasteiger partial charge is 0.309 e. The molecule has 224 valence electrons. The summed E-state index contributed by atoms with van der Waals surface area (Å²) in [4.78, 5) is 19.2. The van der Waals surface area contributed by atoms with Gasteiger partial charge >= 0.3 is 5.97 Å². The van der Waals surface area contributed by atoms with E-state index in [9.17, 15) is 18.3 Å². The number of anilines is 1. The van der Waals surface area contributed by atoms with Crippen LogP contribution in [0.15, 0.2) is 71.6 Å². The molecule has 2 aromatic carbocycles. The highest BCUT2D eigenvalue weighted by Crippen LogP contribution is 2.31. The van der Waals surface area contributed by atoms with Crippen molar-refractivity contribution in [2.24, 2.45) is 5.41 Å². The maximum Gasteiger partial charge on any atom is 0.309 e. The Morgan fingerprint density at radius 2 is 1.67 bits per heavy atom. The molecule has 2 heterocycles. The van der Waals surface area contributed by atoms with Gasteiger partial charge in [0.1, 0.15) is 0 Å². The molecule has 1 fully saturated rings. The third kappa shape index (κ3) is 7.85. The van der Waals surface area contributed by atoms with Crippen molar-refractivity contribution >= 4 is 33.8 Å². The number of sulfonamides is 1. The van der Waals surface area contributed by atoms with E-state index >= 15 is 0 Å². The van der Waals surface area contributed by atoms with Crippen molar-refractivity contribution < 1.29 is 18.3 Å². The highest BCUT2D eigenvalue weighted by molar-refractivity contribution is 7.89. The molecule has 2 N–H and O–H groups in total. The molecule has 0 saturated carbocycles. The summed E-state index contributed by atoms with van der Waals surface area (Å²) in [7, 11) is -3.48. The summed E-state index contributed by atoms with van der Waals surface area (Å²) in [5.41, 5.74) is 4.12. The number of carboxylic acid groups (broad SMARTS) is 1. The lowest BCUT2D eigenvalue weighted by Crippen LogP contribution is -2.48. The Morgan fingerprint density at radius 1 is 0.976 bits per heavy atom. The molecule has 42 heavy (non-hydrogen) atoms. The molecule has 0 amide bonds. The molecule has 3 aromatic rings. The van der Waals surface area contributed by atoms with Crippen LogP contribution in [0.25, 0.3) is 12.2 Å². The Hall–Kier alpha value is -3.53. The van der Waals surface area contributed by atoms with Gasteiger partial charge in [0, 0.05) is 45.0 Å². The molecule has 1 aliphatic rings. The number of carboxylic acids is 1. The van der Waals surface area contributed by atoms with Crippen LogP contribution < -0.4 is 5.32 Å². The van der Waals surface area contributed by atoms with Gasteiger partial charge in [0.2, 0.25) is 10.0 Å². The van der Waals surface area contributed by atoms with Crippen LogP contribution in [0.2, 0.25) is 0 Å². The second-order valence-corrected chi connectivity index (χ2v) is 12.9. The molecule has 9 heteroatoms. The minimum absolute atomic E-state index is 0.345. The van der Waals surface area contributed by atoms with Gasteiger partial charge < -0.3 is 10.4 Å². The number of hydrogen-bond donors (Lipinski definition) is 2. The van der Waals surface area contributed by atoms with Crippen molar-refractivity contribution in [2.45, 2.75) is 51.5 Å². The van der Waals surface area contributed by atoms with E-state index in [1.54, 1.807) is 16.4 Å². The average molecular weight is 591 g/mol. The van der Waals surface area contributed by atoms with E-state index in [1.807, 2.05) is 87.5 Å². The molecule has 4 rings (SSSR count). The first-order valence-corrected chi connectivity index (χ1v) is 16.1. The predicted molar refractivity (Wildman–Crippen MR) is 169 cm³/mol. The van der Waals surface area contributed by atoms with Crippen molar-refractivity contribution in [1.29, 1.82) is 0 Å². The molecule has 8 nitrogen and oxygen atoms in total. The van der Waals surface area contributed by atoms with Gasteiger partial charge in [0.05, 0.1) is 21.7 Å². The molecule has 1 aromatic heterocycles. The van der Waals surface area contributed by atoms with Crippen LogP contribution in [0.5, 0.6) is 0 Å². The summed E-state index contributed by atoms with van der Waals surface area (Å²) in [6, 6.07) is 21.0. The zero-order chi connectivity index (χ0) is 30.2. The molecular weight excluding hydrogens is 548 g/mol. The van der Waals surface area contributed by atoms with E-state index in [0.717, 1.165) is 28.2 Å². The minimum Gasteiger partial charge on any atom is -0.481 e. The molecule has 0 atom stereocenters. The number of rotatable bonds is 13. The van der Waals surface area contributed by atoms with E-state index in [1.165, 1.54) is 0 Å². The number of nitrogens with one attached hydrogen (secondary N) is 1. The Labute approximate surface area is 250 Å². The van der Waals surface area contributed by atoms with Crippen molar-refractivity contribution in [2.75, 3.05) is 38.0 Å². The number of carbonyl (C=O) groups is 1. The number of aryl methyl sites for hydroxylation is 1. The van der Waals surface area contributed by atoms with E-state index in [2.05, 4.69) is 10.2 Å². The Kier molecular flexibility index (Phi) is 10.5. The highest BCUT2D eigenvalue weighted by atomic mass is 32.2. The van der Waals surface area contributed by atoms with Crippen molar-refractivity contribution in [3.8, 4) is 0 Å². The number of pyridine rings is 1. The number of piperazine rings is 1. The molecule has 0 radical (unpaired) electrons. The van der Waals surface area contributed by atoms with Crippen molar-refractivity contribution in [1.82, 2.24) is 14.2 Å². The van der Waals surface area contributed by atoms with Gasteiger partial charge in [-0.3, -0.25) is 14.7 Å². The van der Waals surface area contributed by atoms with Gasteiger partial charge in [-0.2, -0.15) is 4.31 Å². The second kappa shape index (κ2) is 14.1. The third-order valence-electron chi connectivity index (χ3n) is 8.28. The lowest BCUT2D eigenvalue weighted by molar-refractivity contribution is -0.149. The fraction of sp³-hybridized carbons (Fsp3) is 0.394. The van der Waals surface area contributed by atoms with Gasteiger partial charge in [-0.15, -0.1) is 0 Å². The number of nitrogens with zero attached hydrogens (tertiary/aromatic N) is 3. The summed E-state index contributed by atoms with van der Waals surface area (Å²) in [5.74, 6) is -0.728. The molecule has 0 spiro atoms. The monoisotopic (exact) mass is 590 g/mol. The summed E-state index contributed by atoms with van der Waals surface area (Å²) in [6.45, 7) is 9.28. The molecule has 1 saturated heterocycles. The molecular formula is C33H42N4O4S. The lowest BCUT2D eigenvalue weighted by atomic mass is 9.79. The number of aliphatic carboxylic acids is 1. The first-order valence-electron chi connectivity index (χ1n) is 14.7. The van der Waals surface area contributed by atoms with E-state index in [4.69, 9.17) is 4.98 Å². The molecule has 0 bridgehead atoms. The van der Waals surface area contributed by atoms with Crippen LogP contribution in [-0.2, 0) is 21.4 Å². The summed E-state index contributed by atoms with van der Waals surface area (Å²) >= 11 is 0. The zero-order valence-corrected chi connectivity index (χ0v) is 25.6. The first kappa shape index (κ1) is 31.4. The van der Waals surface area contributed by atoms with Gasteiger partial charge in [0.15, 0.2) is 0 Å². The normalized spacial score (nSPS) is 15.2. The molecule has 1 aliphatic heterocycles. The van der Waals surface area contributed by atoms with Crippen LogP contribution in [0.4, 0.5) is 5.69 Å².